The third-order valence-electron chi connectivity index (χ3n) is 3.94. The molecule has 0 saturated carbocycles. The van der Waals surface area contributed by atoms with Crippen LogP contribution in [0.2, 0.25) is 0 Å². The third kappa shape index (κ3) is 3.51. The number of nitrogens with zero attached hydrogens (tertiary/aromatic N) is 3. The number of aromatic nitrogens is 2. The van der Waals surface area contributed by atoms with Gasteiger partial charge in [-0.1, -0.05) is 30.0 Å². The average Bonchev–Trinajstić information content (AvgIpc) is 2.50. The first-order valence-electron chi connectivity index (χ1n) is 7.43. The number of nitrogens with two attached hydrogens (primary N) is 2. The van der Waals surface area contributed by atoms with Gasteiger partial charge in [0.2, 0.25) is 0 Å². The fourth-order valence-electron chi connectivity index (χ4n) is 2.46. The molecule has 0 atom stereocenters. The summed E-state index contributed by atoms with van der Waals surface area (Å²) in [5.41, 5.74) is 12.2. The third-order valence-corrected chi connectivity index (χ3v) is 4.95. The highest BCUT2D eigenvalue weighted by atomic mass is 32.2. The Balaban J connectivity index is 1.72. The summed E-state index contributed by atoms with van der Waals surface area (Å²) in [7, 11) is 0. The van der Waals surface area contributed by atoms with Gasteiger partial charge in [-0.2, -0.15) is 0 Å². The summed E-state index contributed by atoms with van der Waals surface area (Å²) in [6.07, 6.45) is 3.71. The first-order chi connectivity index (χ1) is 10.5. The molecule has 1 fully saturated rings. The van der Waals surface area contributed by atoms with Crippen molar-refractivity contribution in [1.82, 2.24) is 9.97 Å². The Bertz CT molecular complexity index is 634. The van der Waals surface area contributed by atoms with Gasteiger partial charge < -0.3 is 16.4 Å². The zero-order chi connectivity index (χ0) is 15.6. The minimum atomic E-state index is -0.0709. The molecule has 22 heavy (non-hydrogen) atoms. The van der Waals surface area contributed by atoms with Gasteiger partial charge in [-0.3, -0.25) is 0 Å². The van der Waals surface area contributed by atoms with Crippen LogP contribution in [-0.4, -0.2) is 28.6 Å². The lowest BCUT2D eigenvalue weighted by molar-refractivity contribution is 0.363. The molecule has 0 spiro atoms. The Morgan fingerprint density at radius 1 is 1.18 bits per heavy atom. The van der Waals surface area contributed by atoms with Crippen LogP contribution in [0.3, 0.4) is 0 Å². The molecule has 3 rings (SSSR count). The predicted molar refractivity (Wildman–Crippen MR) is 91.0 cm³/mol. The monoisotopic (exact) mass is 315 g/mol. The molecule has 0 aliphatic carbocycles. The largest absolute Gasteiger partial charge is 0.381 e. The van der Waals surface area contributed by atoms with Crippen LogP contribution in [0, 0.1) is 0 Å². The van der Waals surface area contributed by atoms with E-state index in [4.69, 9.17) is 11.5 Å². The molecule has 4 N–H and O–H groups in total. The maximum atomic E-state index is 6.17. The predicted octanol–water partition coefficient (Wildman–Crippen LogP) is 2.53. The number of nitrogen functional groups attached to an aromatic ring is 1. The number of benzene rings is 1. The molecule has 2 aromatic rings. The fourth-order valence-corrected chi connectivity index (χ4v) is 3.23. The Hall–Kier alpha value is -1.79. The fraction of sp³-hybridized carbons (Fsp3) is 0.375. The molecule has 0 bridgehead atoms. The number of anilines is 2. The van der Waals surface area contributed by atoms with E-state index in [1.807, 2.05) is 30.3 Å². The Morgan fingerprint density at radius 3 is 2.50 bits per heavy atom. The van der Waals surface area contributed by atoms with Crippen LogP contribution in [-0.2, 0) is 0 Å². The topological polar surface area (TPSA) is 81.1 Å². The molecule has 5 nitrogen and oxygen atoms in total. The smallest absolute Gasteiger partial charge is 0.158 e. The summed E-state index contributed by atoms with van der Waals surface area (Å²) < 4.78 is 0. The second-order valence-electron chi connectivity index (χ2n) is 5.97. The van der Waals surface area contributed by atoms with Crippen molar-refractivity contribution in [2.75, 3.05) is 23.7 Å². The summed E-state index contributed by atoms with van der Waals surface area (Å²) in [4.78, 5) is 12.3. The molecule has 2 heterocycles. The van der Waals surface area contributed by atoms with E-state index in [2.05, 4.69) is 21.8 Å². The van der Waals surface area contributed by atoms with Gasteiger partial charge in [0, 0.05) is 23.5 Å². The molecule has 116 valence electrons. The van der Waals surface area contributed by atoms with Crippen molar-refractivity contribution in [3.8, 4) is 0 Å². The van der Waals surface area contributed by atoms with Gasteiger partial charge in [0.25, 0.3) is 0 Å². The highest BCUT2D eigenvalue weighted by Crippen LogP contribution is 2.31. The van der Waals surface area contributed by atoms with Gasteiger partial charge in [-0.25, -0.2) is 9.97 Å². The lowest BCUT2D eigenvalue weighted by Crippen LogP contribution is -2.48. The molecule has 0 radical (unpaired) electrons. The van der Waals surface area contributed by atoms with Crippen LogP contribution in [0.5, 0.6) is 0 Å². The maximum Gasteiger partial charge on any atom is 0.158 e. The van der Waals surface area contributed by atoms with Crippen LogP contribution in [0.25, 0.3) is 0 Å². The minimum absolute atomic E-state index is 0.0709. The van der Waals surface area contributed by atoms with E-state index in [9.17, 15) is 0 Å². The van der Waals surface area contributed by atoms with Crippen molar-refractivity contribution in [2.45, 2.75) is 35.2 Å². The molecule has 1 aromatic heterocycles. The zero-order valence-corrected chi connectivity index (χ0v) is 13.5. The van der Waals surface area contributed by atoms with Gasteiger partial charge in [-0.15, -0.1) is 0 Å². The van der Waals surface area contributed by atoms with Crippen molar-refractivity contribution in [3.63, 3.8) is 0 Å². The molecule has 0 amide bonds. The van der Waals surface area contributed by atoms with Crippen molar-refractivity contribution in [3.05, 3.63) is 36.5 Å². The Kier molecular flexibility index (Phi) is 4.22. The quantitative estimate of drug-likeness (QED) is 0.906. The molecule has 1 saturated heterocycles. The van der Waals surface area contributed by atoms with Crippen LogP contribution in [0.4, 0.5) is 11.6 Å². The Labute approximate surface area is 135 Å². The van der Waals surface area contributed by atoms with E-state index in [-0.39, 0.29) is 5.54 Å². The highest BCUT2D eigenvalue weighted by molar-refractivity contribution is 7.99. The van der Waals surface area contributed by atoms with Crippen LogP contribution in [0.1, 0.15) is 19.8 Å². The van der Waals surface area contributed by atoms with Gasteiger partial charge in [-0.05, 0) is 31.9 Å². The van der Waals surface area contributed by atoms with Crippen molar-refractivity contribution < 1.29 is 0 Å². The molecule has 0 unspecified atom stereocenters. The molecule has 1 aliphatic rings. The van der Waals surface area contributed by atoms with E-state index < -0.39 is 0 Å². The SMILES string of the molecule is CC1(N)CCN(c2cnc(Sc3ccccc3)c(N)n2)CC1. The van der Waals surface area contributed by atoms with Gasteiger partial charge in [0.05, 0.1) is 6.20 Å². The van der Waals surface area contributed by atoms with E-state index >= 15 is 0 Å². The minimum Gasteiger partial charge on any atom is -0.381 e. The number of hydrogen-bond acceptors (Lipinski definition) is 6. The summed E-state index contributed by atoms with van der Waals surface area (Å²) in [5, 5.41) is 0.746. The van der Waals surface area contributed by atoms with Crippen molar-refractivity contribution in [2.24, 2.45) is 5.73 Å². The van der Waals surface area contributed by atoms with E-state index in [0.717, 1.165) is 41.7 Å². The normalized spacial score (nSPS) is 17.5. The van der Waals surface area contributed by atoms with Gasteiger partial charge >= 0.3 is 0 Å². The zero-order valence-electron chi connectivity index (χ0n) is 12.7. The molecule has 1 aromatic carbocycles. The summed E-state index contributed by atoms with van der Waals surface area (Å²) in [5.74, 6) is 1.32. The number of rotatable bonds is 3. The van der Waals surface area contributed by atoms with Crippen molar-refractivity contribution >= 4 is 23.4 Å². The van der Waals surface area contributed by atoms with Gasteiger partial charge in [0.15, 0.2) is 5.82 Å². The lowest BCUT2D eigenvalue weighted by Gasteiger charge is -2.37. The summed E-state index contributed by atoms with van der Waals surface area (Å²) in [6, 6.07) is 10.1. The number of hydrogen-bond donors (Lipinski definition) is 2. The molecule has 1 aliphatic heterocycles. The van der Waals surface area contributed by atoms with E-state index in [0.29, 0.717) is 5.82 Å². The second kappa shape index (κ2) is 6.14. The highest BCUT2D eigenvalue weighted by Gasteiger charge is 2.26. The first-order valence-corrected chi connectivity index (χ1v) is 8.24. The van der Waals surface area contributed by atoms with Crippen molar-refractivity contribution in [1.29, 1.82) is 0 Å². The molecular formula is C16H21N5S. The lowest BCUT2D eigenvalue weighted by atomic mass is 9.91. The van der Waals surface area contributed by atoms with E-state index in [1.54, 1.807) is 6.20 Å². The number of piperidine rings is 1. The standard InChI is InChI=1S/C16H21N5S/c1-16(18)7-9-21(10-8-16)13-11-19-15(14(17)20-13)22-12-5-3-2-4-6-12/h2-6,11H,7-10,18H2,1H3,(H2,17,20). The van der Waals surface area contributed by atoms with Crippen LogP contribution < -0.4 is 16.4 Å². The summed E-state index contributed by atoms with van der Waals surface area (Å²) >= 11 is 1.53. The maximum absolute atomic E-state index is 6.17. The van der Waals surface area contributed by atoms with Crippen LogP contribution in [0.15, 0.2) is 46.5 Å². The van der Waals surface area contributed by atoms with Crippen LogP contribution >= 0.6 is 11.8 Å². The molecular weight excluding hydrogens is 294 g/mol. The first kappa shape index (κ1) is 15.1. The second-order valence-corrected chi connectivity index (χ2v) is 7.04. The molecule has 6 heteroatoms. The average molecular weight is 315 g/mol. The Morgan fingerprint density at radius 2 is 1.86 bits per heavy atom. The summed E-state index contributed by atoms with van der Waals surface area (Å²) in [6.45, 7) is 3.89. The van der Waals surface area contributed by atoms with Gasteiger partial charge in [0.1, 0.15) is 10.8 Å². The van der Waals surface area contributed by atoms with E-state index in [1.165, 1.54) is 11.8 Å².